The third kappa shape index (κ3) is 4.28. The number of ether oxygens (including phenoxy) is 1. The summed E-state index contributed by atoms with van der Waals surface area (Å²) >= 11 is 3.53. The molecule has 0 atom stereocenters. The molecule has 3 nitrogen and oxygen atoms in total. The van der Waals surface area contributed by atoms with Gasteiger partial charge in [0.05, 0.1) is 17.3 Å². The van der Waals surface area contributed by atoms with Gasteiger partial charge in [0.2, 0.25) is 0 Å². The summed E-state index contributed by atoms with van der Waals surface area (Å²) in [4.78, 5) is 2.00. The van der Waals surface area contributed by atoms with Gasteiger partial charge in [0.1, 0.15) is 19.4 Å². The van der Waals surface area contributed by atoms with E-state index >= 15 is 0 Å². The average molecular weight is 403 g/mol. The fraction of sp³-hybridized carbons (Fsp3) is 0.0952. The smallest absolute Gasteiger partial charge is 0.150 e. The lowest BCUT2D eigenvalue weighted by atomic mass is 9.95. The van der Waals surface area contributed by atoms with Gasteiger partial charge in [-0.3, -0.25) is 0 Å². The van der Waals surface area contributed by atoms with E-state index in [4.69, 9.17) is 17.8 Å². The van der Waals surface area contributed by atoms with Gasteiger partial charge in [0.15, 0.2) is 0 Å². The third-order valence-electron chi connectivity index (χ3n) is 3.97. The lowest BCUT2D eigenvalue weighted by Gasteiger charge is -2.23. The summed E-state index contributed by atoms with van der Waals surface area (Å²) < 4.78 is 7.18. The molecule has 3 rings (SSSR count). The van der Waals surface area contributed by atoms with Gasteiger partial charge in [-0.05, 0) is 55.0 Å². The molecule has 2 aromatic rings. The first-order valence-corrected chi connectivity index (χ1v) is 8.90. The number of halogens is 1. The van der Waals surface area contributed by atoms with Crippen LogP contribution in [0.4, 0.5) is 11.4 Å². The average Bonchev–Trinajstić information content (AvgIpc) is 2.85. The second-order valence-corrected chi connectivity index (χ2v) is 6.86. The van der Waals surface area contributed by atoms with Crippen molar-refractivity contribution >= 4 is 40.6 Å². The minimum absolute atomic E-state index is 0.626. The Morgan fingerprint density at radius 2 is 1.96 bits per heavy atom. The minimum Gasteiger partial charge on any atom is -0.455 e. The van der Waals surface area contributed by atoms with Crippen molar-refractivity contribution in [3.63, 3.8) is 0 Å². The van der Waals surface area contributed by atoms with E-state index in [1.54, 1.807) is 12.1 Å². The molecule has 0 heterocycles. The van der Waals surface area contributed by atoms with Gasteiger partial charge in [-0.1, -0.05) is 39.6 Å². The highest BCUT2D eigenvalue weighted by Gasteiger charge is 2.13. The second-order valence-electron chi connectivity index (χ2n) is 5.84. The summed E-state index contributed by atoms with van der Waals surface area (Å²) in [7, 11) is 7.93. The first-order chi connectivity index (χ1) is 12.6. The van der Waals surface area contributed by atoms with Crippen LogP contribution in [-0.2, 0) is 0 Å². The van der Waals surface area contributed by atoms with Crippen molar-refractivity contribution in [2.75, 3.05) is 11.9 Å². The predicted molar refractivity (Wildman–Crippen MR) is 111 cm³/mol. The fourth-order valence-corrected chi connectivity index (χ4v) is 3.00. The Morgan fingerprint density at radius 1 is 1.19 bits per heavy atom. The molecule has 0 spiro atoms. The van der Waals surface area contributed by atoms with Gasteiger partial charge in [0, 0.05) is 17.2 Å². The Kier molecular flexibility index (Phi) is 5.65. The van der Waals surface area contributed by atoms with Crippen molar-refractivity contribution in [2.45, 2.75) is 6.42 Å². The molecule has 26 heavy (non-hydrogen) atoms. The summed E-state index contributed by atoms with van der Waals surface area (Å²) in [5.74, 6) is 1.39. The largest absolute Gasteiger partial charge is 0.455 e. The zero-order chi connectivity index (χ0) is 18.5. The van der Waals surface area contributed by atoms with Crippen molar-refractivity contribution < 1.29 is 4.74 Å². The Morgan fingerprint density at radius 3 is 2.69 bits per heavy atom. The molecule has 0 aromatic heterocycles. The monoisotopic (exact) mass is 402 g/mol. The highest BCUT2D eigenvalue weighted by atomic mass is 79.9. The van der Waals surface area contributed by atoms with E-state index < -0.39 is 0 Å². The number of rotatable bonds is 4. The number of allylic oxidation sites excluding steroid dienone is 5. The van der Waals surface area contributed by atoms with E-state index in [9.17, 15) is 0 Å². The highest BCUT2D eigenvalue weighted by molar-refractivity contribution is 9.11. The van der Waals surface area contributed by atoms with Gasteiger partial charge in [-0.15, -0.1) is 0 Å². The summed E-state index contributed by atoms with van der Waals surface area (Å²) in [6, 6.07) is 15.1. The normalized spacial score (nSPS) is 13.3. The van der Waals surface area contributed by atoms with Crippen LogP contribution in [0.1, 0.15) is 12.0 Å². The molecular weight excluding hydrogens is 387 g/mol. The quantitative estimate of drug-likeness (QED) is 0.700. The maximum absolute atomic E-state index is 8.97. The maximum atomic E-state index is 8.97. The second kappa shape index (κ2) is 8.12. The van der Waals surface area contributed by atoms with Crippen LogP contribution in [0.5, 0.6) is 5.75 Å². The number of hydrogen-bond acceptors (Lipinski definition) is 3. The van der Waals surface area contributed by atoms with Crippen molar-refractivity contribution in [2.24, 2.45) is 0 Å². The molecule has 126 valence electrons. The van der Waals surface area contributed by atoms with Gasteiger partial charge in [-0.25, -0.2) is 0 Å². The van der Waals surface area contributed by atoms with Crippen LogP contribution in [-0.4, -0.2) is 14.9 Å². The van der Waals surface area contributed by atoms with Crippen LogP contribution < -0.4 is 15.1 Å². The van der Waals surface area contributed by atoms with Crippen LogP contribution >= 0.6 is 15.9 Å². The number of anilines is 2. The van der Waals surface area contributed by atoms with E-state index in [2.05, 4.69) is 28.1 Å². The molecule has 1 aliphatic rings. The Labute approximate surface area is 163 Å². The minimum atomic E-state index is 0.626. The lowest BCUT2D eigenvalue weighted by Crippen LogP contribution is -2.13. The van der Waals surface area contributed by atoms with Crippen molar-refractivity contribution in [3.8, 4) is 11.8 Å². The van der Waals surface area contributed by atoms with Crippen LogP contribution in [0.25, 0.3) is 0 Å². The van der Waals surface area contributed by atoms with Crippen LogP contribution in [0.15, 0.2) is 77.0 Å². The molecule has 5 heteroatoms. The zero-order valence-electron chi connectivity index (χ0n) is 14.3. The third-order valence-corrected chi connectivity index (χ3v) is 4.52. The SMILES string of the molecule is [B]c1ccc(N(C)c2ccc(C#N)cc2)c(OC2=CC=CCC(Br)=C2)c1. The van der Waals surface area contributed by atoms with E-state index in [1.807, 2.05) is 60.5 Å². The molecule has 0 amide bonds. The molecule has 0 fully saturated rings. The number of benzene rings is 2. The molecule has 0 aliphatic heterocycles. The highest BCUT2D eigenvalue weighted by Crippen LogP contribution is 2.33. The van der Waals surface area contributed by atoms with Crippen LogP contribution in [0.2, 0.25) is 0 Å². The van der Waals surface area contributed by atoms with E-state index in [0.717, 1.165) is 28.0 Å². The summed E-state index contributed by atoms with van der Waals surface area (Å²) in [5.41, 5.74) is 3.08. The molecule has 0 bridgehead atoms. The standard InChI is InChI=1S/C21H16BBrN2O/c1-25(18-9-6-15(14-24)7-10-18)20-11-8-16(22)12-21(20)26-19-5-3-2-4-17(23)13-19/h2-3,5-13H,4H2,1H3. The zero-order valence-corrected chi connectivity index (χ0v) is 15.9. The molecule has 0 N–H and O–H groups in total. The van der Waals surface area contributed by atoms with Crippen molar-refractivity contribution in [3.05, 3.63) is 82.6 Å². The number of nitrogens with zero attached hydrogens (tertiary/aromatic N) is 2. The molecule has 1 aliphatic carbocycles. The molecular formula is C21H16BBrN2O. The number of hydrogen-bond donors (Lipinski definition) is 0. The number of nitriles is 1. The van der Waals surface area contributed by atoms with E-state index in [0.29, 0.717) is 16.8 Å². The first kappa shape index (κ1) is 18.1. The van der Waals surface area contributed by atoms with Crippen LogP contribution in [0.3, 0.4) is 0 Å². The molecule has 2 radical (unpaired) electrons. The van der Waals surface area contributed by atoms with E-state index in [1.165, 1.54) is 0 Å². The van der Waals surface area contributed by atoms with Crippen LogP contribution in [0, 0.1) is 11.3 Å². The molecule has 2 aromatic carbocycles. The Bertz CT molecular complexity index is 939. The Balaban J connectivity index is 1.95. The van der Waals surface area contributed by atoms with Crippen molar-refractivity contribution in [1.82, 2.24) is 0 Å². The summed E-state index contributed by atoms with van der Waals surface area (Å²) in [5, 5.41) is 8.97. The molecule has 0 unspecified atom stereocenters. The fourth-order valence-electron chi connectivity index (χ4n) is 2.58. The predicted octanol–water partition coefficient (Wildman–Crippen LogP) is 4.62. The molecule has 0 saturated heterocycles. The lowest BCUT2D eigenvalue weighted by molar-refractivity contribution is 0.445. The van der Waals surface area contributed by atoms with Gasteiger partial charge in [0.25, 0.3) is 0 Å². The topological polar surface area (TPSA) is 36.3 Å². The summed E-state index contributed by atoms with van der Waals surface area (Å²) in [6.07, 6.45) is 8.73. The van der Waals surface area contributed by atoms with Crippen molar-refractivity contribution in [1.29, 1.82) is 5.26 Å². The Hall–Kier alpha value is -2.71. The van der Waals surface area contributed by atoms with Gasteiger partial charge in [-0.2, -0.15) is 5.26 Å². The van der Waals surface area contributed by atoms with Gasteiger partial charge >= 0.3 is 0 Å². The maximum Gasteiger partial charge on any atom is 0.150 e. The van der Waals surface area contributed by atoms with Gasteiger partial charge < -0.3 is 9.64 Å². The first-order valence-electron chi connectivity index (χ1n) is 8.11. The molecule has 0 saturated carbocycles. The summed E-state index contributed by atoms with van der Waals surface area (Å²) in [6.45, 7) is 0. The van der Waals surface area contributed by atoms with E-state index in [-0.39, 0.29) is 0 Å².